The minimum absolute atomic E-state index is 0.0221. The molecule has 0 radical (unpaired) electrons. The van der Waals surface area contributed by atoms with E-state index in [-0.39, 0.29) is 21.3 Å². The zero-order valence-corrected chi connectivity index (χ0v) is 20.4. The van der Waals surface area contributed by atoms with Crippen molar-refractivity contribution in [3.63, 3.8) is 0 Å². The van der Waals surface area contributed by atoms with Gasteiger partial charge in [-0.15, -0.1) is 0 Å². The number of benzene rings is 2. The van der Waals surface area contributed by atoms with Crippen LogP contribution in [0.4, 0.5) is 0 Å². The molecule has 7 nitrogen and oxygen atoms in total. The van der Waals surface area contributed by atoms with Crippen molar-refractivity contribution < 1.29 is 22.4 Å². The second kappa shape index (κ2) is 10.1. The lowest BCUT2D eigenvalue weighted by molar-refractivity contribution is -0.137. The summed E-state index contributed by atoms with van der Waals surface area (Å²) in [6.07, 6.45) is 1.48. The van der Waals surface area contributed by atoms with Gasteiger partial charge in [0.2, 0.25) is 10.0 Å². The minimum atomic E-state index is -3.96. The molecule has 0 saturated carbocycles. The summed E-state index contributed by atoms with van der Waals surface area (Å²) in [6.45, 7) is 7.23. The van der Waals surface area contributed by atoms with Crippen molar-refractivity contribution >= 4 is 38.6 Å². The van der Waals surface area contributed by atoms with Gasteiger partial charge in [-0.2, -0.15) is 4.72 Å². The maximum atomic E-state index is 12.9. The molecule has 9 heteroatoms. The fraction of sp³-hybridized carbons (Fsp3) is 0.333. The molecule has 1 atom stereocenters. The number of sulfonamides is 1. The average Bonchev–Trinajstić information content (AvgIpc) is 2.73. The van der Waals surface area contributed by atoms with Crippen molar-refractivity contribution in [1.29, 1.82) is 0 Å². The summed E-state index contributed by atoms with van der Waals surface area (Å²) >= 11 is 6.35. The molecule has 0 spiro atoms. The Morgan fingerprint density at radius 2 is 1.82 bits per heavy atom. The Morgan fingerprint density at radius 3 is 2.42 bits per heavy atom. The molecule has 0 aliphatic carbocycles. The molecule has 0 amide bonds. The topological polar surface area (TPSA) is 103 Å². The molecule has 2 aromatic carbocycles. The Morgan fingerprint density at radius 1 is 1.15 bits per heavy atom. The third kappa shape index (κ3) is 5.82. The monoisotopic (exact) mass is 491 g/mol. The number of hydrogen-bond acceptors (Lipinski definition) is 6. The molecule has 0 fully saturated rings. The zero-order valence-electron chi connectivity index (χ0n) is 18.8. The van der Waals surface area contributed by atoms with Crippen molar-refractivity contribution in [1.82, 2.24) is 4.72 Å². The lowest BCUT2D eigenvalue weighted by Gasteiger charge is -2.21. The summed E-state index contributed by atoms with van der Waals surface area (Å²) in [6, 6.07) is 9.49. The van der Waals surface area contributed by atoms with Gasteiger partial charge in [-0.1, -0.05) is 56.5 Å². The van der Waals surface area contributed by atoms with Gasteiger partial charge >= 0.3 is 11.6 Å². The summed E-state index contributed by atoms with van der Waals surface area (Å²) < 4.78 is 38.7. The van der Waals surface area contributed by atoms with Gasteiger partial charge in [0, 0.05) is 17.5 Å². The number of halogens is 1. The van der Waals surface area contributed by atoms with Crippen LogP contribution >= 0.6 is 11.6 Å². The van der Waals surface area contributed by atoms with Crippen LogP contribution in [0.3, 0.4) is 0 Å². The molecule has 0 aliphatic rings. The van der Waals surface area contributed by atoms with Gasteiger partial charge < -0.3 is 9.15 Å². The van der Waals surface area contributed by atoms with Gasteiger partial charge in [0.05, 0.1) is 9.92 Å². The van der Waals surface area contributed by atoms with Crippen LogP contribution in [0.1, 0.15) is 38.3 Å². The van der Waals surface area contributed by atoms with E-state index in [1.54, 1.807) is 32.0 Å². The maximum Gasteiger partial charge on any atom is 0.336 e. The first-order chi connectivity index (χ1) is 15.5. The normalized spacial score (nSPS) is 12.8. The smallest absolute Gasteiger partial charge is 0.336 e. The number of aryl methyl sites for hydroxylation is 2. The predicted molar refractivity (Wildman–Crippen MR) is 127 cm³/mol. The number of carbonyl (C=O) groups excluding carboxylic acids is 1. The second-order valence-electron chi connectivity index (χ2n) is 8.20. The van der Waals surface area contributed by atoms with E-state index in [9.17, 15) is 18.0 Å². The highest BCUT2D eigenvalue weighted by Crippen LogP contribution is 2.32. The van der Waals surface area contributed by atoms with Gasteiger partial charge in [-0.05, 0) is 43.0 Å². The number of fused-ring (bicyclic) bond motifs is 1. The van der Waals surface area contributed by atoms with E-state index in [0.29, 0.717) is 11.8 Å². The number of nitrogens with one attached hydrogen (secondary N) is 1. The van der Waals surface area contributed by atoms with Gasteiger partial charge in [-0.25, -0.2) is 18.0 Å². The molecule has 1 heterocycles. The molecular weight excluding hydrogens is 466 g/mol. The van der Waals surface area contributed by atoms with Crippen molar-refractivity contribution in [3.8, 4) is 5.75 Å². The van der Waals surface area contributed by atoms with E-state index >= 15 is 0 Å². The first-order valence-corrected chi connectivity index (χ1v) is 12.4. The van der Waals surface area contributed by atoms with Crippen LogP contribution in [-0.4, -0.2) is 20.4 Å². The third-order valence-electron chi connectivity index (χ3n) is 5.15. The van der Waals surface area contributed by atoms with Crippen molar-refractivity contribution in [2.45, 2.75) is 51.5 Å². The van der Waals surface area contributed by atoms with Gasteiger partial charge in [0.25, 0.3) is 0 Å². The SMILES string of the molecule is CCCc1cc(=O)oc2cc(OC(=O)[C@@H](NS(=O)(=O)c3ccc(C)cc3)C(C)C)c(Cl)cc12. The first-order valence-electron chi connectivity index (χ1n) is 10.6. The fourth-order valence-electron chi connectivity index (χ4n) is 3.36. The van der Waals surface area contributed by atoms with Crippen LogP contribution < -0.4 is 15.1 Å². The molecule has 33 heavy (non-hydrogen) atoms. The van der Waals surface area contributed by atoms with Crippen LogP contribution in [-0.2, 0) is 21.2 Å². The van der Waals surface area contributed by atoms with Crippen molar-refractivity contribution in [2.24, 2.45) is 5.92 Å². The Kier molecular flexibility index (Phi) is 7.62. The second-order valence-corrected chi connectivity index (χ2v) is 10.3. The lowest BCUT2D eigenvalue weighted by atomic mass is 10.1. The van der Waals surface area contributed by atoms with E-state index in [0.717, 1.165) is 17.5 Å². The molecule has 3 aromatic rings. The zero-order chi connectivity index (χ0) is 24.3. The minimum Gasteiger partial charge on any atom is -0.424 e. The Balaban J connectivity index is 1.90. The van der Waals surface area contributed by atoms with Crippen LogP contribution in [0.25, 0.3) is 11.0 Å². The summed E-state index contributed by atoms with van der Waals surface area (Å²) in [5.41, 5.74) is 1.42. The number of esters is 1. The molecule has 3 rings (SSSR count). The number of hydrogen-bond donors (Lipinski definition) is 1. The van der Waals surface area contributed by atoms with Crippen LogP contribution in [0, 0.1) is 12.8 Å². The summed E-state index contributed by atoms with van der Waals surface area (Å²) in [4.78, 5) is 24.9. The van der Waals surface area contributed by atoms with Crippen molar-refractivity contribution in [2.75, 3.05) is 0 Å². The lowest BCUT2D eigenvalue weighted by Crippen LogP contribution is -2.46. The van der Waals surface area contributed by atoms with Crippen LogP contribution in [0.15, 0.2) is 56.6 Å². The van der Waals surface area contributed by atoms with Crippen LogP contribution in [0.5, 0.6) is 5.75 Å². The molecule has 0 aliphatic heterocycles. The molecule has 0 saturated heterocycles. The summed E-state index contributed by atoms with van der Waals surface area (Å²) in [5.74, 6) is -1.26. The van der Waals surface area contributed by atoms with E-state index in [2.05, 4.69) is 4.72 Å². The highest BCUT2D eigenvalue weighted by atomic mass is 35.5. The molecule has 0 unspecified atom stereocenters. The maximum absolute atomic E-state index is 12.9. The molecule has 1 aromatic heterocycles. The van der Waals surface area contributed by atoms with Gasteiger partial charge in [-0.3, -0.25) is 0 Å². The number of rotatable bonds is 8. The number of carbonyl (C=O) groups is 1. The van der Waals surface area contributed by atoms with E-state index in [1.807, 2.05) is 13.8 Å². The van der Waals surface area contributed by atoms with Crippen molar-refractivity contribution in [3.05, 3.63) is 69.0 Å². The Hall–Kier alpha value is -2.68. The largest absolute Gasteiger partial charge is 0.424 e. The third-order valence-corrected chi connectivity index (χ3v) is 6.90. The molecule has 176 valence electrons. The molecular formula is C24H26ClNO6S. The summed E-state index contributed by atoms with van der Waals surface area (Å²) in [7, 11) is -3.96. The predicted octanol–water partition coefficient (Wildman–Crippen LogP) is 4.62. The molecule has 1 N–H and O–H groups in total. The van der Waals surface area contributed by atoms with Gasteiger partial charge in [0.1, 0.15) is 11.6 Å². The van der Waals surface area contributed by atoms with Crippen LogP contribution in [0.2, 0.25) is 5.02 Å². The molecule has 0 bridgehead atoms. The highest BCUT2D eigenvalue weighted by Gasteiger charge is 2.30. The highest BCUT2D eigenvalue weighted by molar-refractivity contribution is 7.89. The van der Waals surface area contributed by atoms with E-state index < -0.39 is 33.6 Å². The fourth-order valence-corrected chi connectivity index (χ4v) is 4.90. The average molecular weight is 492 g/mol. The van der Waals surface area contributed by atoms with Gasteiger partial charge in [0.15, 0.2) is 5.75 Å². The van der Waals surface area contributed by atoms with E-state index in [1.165, 1.54) is 24.3 Å². The Labute approximate surface area is 197 Å². The standard InChI is InChI=1S/C24H26ClNO6S/c1-5-6-16-11-22(27)31-20-13-21(19(25)12-18(16)20)32-24(28)23(14(2)3)26-33(29,30)17-9-7-15(4)8-10-17/h7-14,23,26H,5-6H2,1-4H3/t23-/m0/s1. The Bertz CT molecular complexity index is 1330. The quantitative estimate of drug-likeness (QED) is 0.280. The summed E-state index contributed by atoms with van der Waals surface area (Å²) in [5, 5.41) is 0.799. The van der Waals surface area contributed by atoms with E-state index in [4.69, 9.17) is 20.8 Å². The number of ether oxygens (including phenoxy) is 1. The first kappa shape index (κ1) is 25.0.